The number of carboxylic acid groups (broad SMARTS) is 1. The summed E-state index contributed by atoms with van der Waals surface area (Å²) in [7, 11) is 0. The molecule has 0 radical (unpaired) electrons. The first-order chi connectivity index (χ1) is 9.56. The molecule has 1 aliphatic heterocycles. The number of amides is 1. The van der Waals surface area contributed by atoms with Gasteiger partial charge in [0.15, 0.2) is 5.17 Å². The number of nitrogens with zero attached hydrogens (tertiary/aromatic N) is 2. The van der Waals surface area contributed by atoms with Crippen LogP contribution in [0.1, 0.15) is 18.9 Å². The van der Waals surface area contributed by atoms with Crippen LogP contribution in [0.3, 0.4) is 0 Å². The predicted octanol–water partition coefficient (Wildman–Crippen LogP) is 0.138. The number of hydrogen-bond acceptors (Lipinski definition) is 6. The Kier molecular flexibility index (Phi) is 4.52. The Morgan fingerprint density at radius 2 is 2.10 bits per heavy atom. The summed E-state index contributed by atoms with van der Waals surface area (Å²) >= 11 is 0.929. The first-order valence-electron chi connectivity index (χ1n) is 5.91. The molecule has 104 valence electrons. The SMILES string of the molecule is C/C(=N\N=C1/NC(=O)C[C@@H](C(=O)[O-])S1)c1ccccc1. The van der Waals surface area contributed by atoms with E-state index in [4.69, 9.17) is 0 Å². The maximum atomic E-state index is 11.4. The highest BCUT2D eigenvalue weighted by Crippen LogP contribution is 2.20. The molecule has 6 nitrogen and oxygen atoms in total. The molecule has 1 fully saturated rings. The number of amidine groups is 1. The second-order valence-corrected chi connectivity index (χ2v) is 5.33. The van der Waals surface area contributed by atoms with E-state index >= 15 is 0 Å². The average Bonchev–Trinajstić information content (AvgIpc) is 2.45. The van der Waals surface area contributed by atoms with E-state index in [0.29, 0.717) is 5.71 Å². The number of thioether (sulfide) groups is 1. The fourth-order valence-electron chi connectivity index (χ4n) is 1.58. The summed E-state index contributed by atoms with van der Waals surface area (Å²) < 4.78 is 0. The highest BCUT2D eigenvalue weighted by molar-refractivity contribution is 8.15. The molecule has 0 unspecified atom stereocenters. The zero-order valence-corrected chi connectivity index (χ0v) is 11.5. The Morgan fingerprint density at radius 1 is 1.40 bits per heavy atom. The molecule has 2 rings (SSSR count). The first-order valence-corrected chi connectivity index (χ1v) is 6.79. The number of carbonyl (C=O) groups excluding carboxylic acids is 2. The molecule has 1 saturated heterocycles. The molecule has 1 aromatic rings. The molecule has 0 spiro atoms. The summed E-state index contributed by atoms with van der Waals surface area (Å²) in [5, 5.41) is 20.4. The third-order valence-corrected chi connectivity index (χ3v) is 3.67. The van der Waals surface area contributed by atoms with E-state index in [1.165, 1.54) is 0 Å². The van der Waals surface area contributed by atoms with E-state index in [9.17, 15) is 14.7 Å². The van der Waals surface area contributed by atoms with Crippen LogP contribution in [0.4, 0.5) is 0 Å². The minimum Gasteiger partial charge on any atom is -0.549 e. The summed E-state index contributed by atoms with van der Waals surface area (Å²) in [6, 6.07) is 9.42. The minimum absolute atomic E-state index is 0.118. The van der Waals surface area contributed by atoms with Crippen LogP contribution in [0.2, 0.25) is 0 Å². The molecule has 0 bridgehead atoms. The molecule has 1 aromatic carbocycles. The van der Waals surface area contributed by atoms with Crippen LogP contribution >= 0.6 is 11.8 Å². The maximum Gasteiger partial charge on any atom is 0.227 e. The lowest BCUT2D eigenvalue weighted by Gasteiger charge is -2.22. The van der Waals surface area contributed by atoms with Crippen molar-refractivity contribution in [1.29, 1.82) is 0 Å². The van der Waals surface area contributed by atoms with Crippen LogP contribution in [-0.2, 0) is 9.59 Å². The van der Waals surface area contributed by atoms with Crippen molar-refractivity contribution in [2.45, 2.75) is 18.6 Å². The number of benzene rings is 1. The highest BCUT2D eigenvalue weighted by atomic mass is 32.2. The first kappa shape index (κ1) is 14.3. The molecule has 1 amide bonds. The van der Waals surface area contributed by atoms with Gasteiger partial charge in [-0.15, -0.1) is 5.10 Å². The van der Waals surface area contributed by atoms with Gasteiger partial charge in [-0.25, -0.2) is 0 Å². The van der Waals surface area contributed by atoms with Crippen molar-refractivity contribution >= 4 is 34.5 Å². The fraction of sp³-hybridized carbons (Fsp3) is 0.231. The lowest BCUT2D eigenvalue weighted by Crippen LogP contribution is -2.44. The molecule has 20 heavy (non-hydrogen) atoms. The van der Waals surface area contributed by atoms with Gasteiger partial charge in [0, 0.05) is 6.42 Å². The standard InChI is InChI=1S/C13H13N3O3S/c1-8(9-5-3-2-4-6-9)15-16-13-14-11(17)7-10(20-13)12(18)19/h2-6,10H,7H2,1H3,(H,18,19)(H,14,16,17)/p-1/b15-8+/t10-/m0/s1. The molecular weight excluding hydrogens is 278 g/mol. The Morgan fingerprint density at radius 3 is 2.75 bits per heavy atom. The van der Waals surface area contributed by atoms with E-state index in [1.54, 1.807) is 6.92 Å². The second-order valence-electron chi connectivity index (χ2n) is 4.13. The van der Waals surface area contributed by atoms with Crippen molar-refractivity contribution in [1.82, 2.24) is 5.32 Å². The number of carbonyl (C=O) groups is 2. The van der Waals surface area contributed by atoms with Gasteiger partial charge in [-0.3, -0.25) is 4.79 Å². The molecule has 0 aromatic heterocycles. The van der Waals surface area contributed by atoms with Gasteiger partial charge in [-0.1, -0.05) is 42.1 Å². The van der Waals surface area contributed by atoms with E-state index in [2.05, 4.69) is 15.5 Å². The van der Waals surface area contributed by atoms with Crippen molar-refractivity contribution in [3.8, 4) is 0 Å². The van der Waals surface area contributed by atoms with Crippen LogP contribution in [0.15, 0.2) is 40.5 Å². The fourth-order valence-corrected chi connectivity index (χ4v) is 2.44. The summed E-state index contributed by atoms with van der Waals surface area (Å²) in [5.74, 6) is -1.68. The van der Waals surface area contributed by atoms with E-state index < -0.39 is 17.1 Å². The van der Waals surface area contributed by atoms with Gasteiger partial charge < -0.3 is 15.2 Å². The lowest BCUT2D eigenvalue weighted by molar-refractivity contribution is -0.304. The van der Waals surface area contributed by atoms with Gasteiger partial charge in [0.1, 0.15) is 0 Å². The van der Waals surface area contributed by atoms with E-state index in [1.807, 2.05) is 30.3 Å². The molecule has 0 aliphatic carbocycles. The Bertz CT molecular complexity index is 584. The van der Waals surface area contributed by atoms with Gasteiger partial charge in [0.2, 0.25) is 5.91 Å². The number of rotatable bonds is 3. The topological polar surface area (TPSA) is 94.0 Å². The minimum atomic E-state index is -1.28. The van der Waals surface area contributed by atoms with Crippen molar-refractivity contribution in [2.75, 3.05) is 0 Å². The van der Waals surface area contributed by atoms with Gasteiger partial charge >= 0.3 is 0 Å². The molecular formula is C13H12N3O3S-. The number of aliphatic carboxylic acids is 1. The number of hydrogen-bond donors (Lipinski definition) is 1. The summed E-state index contributed by atoms with van der Waals surface area (Å²) in [6.45, 7) is 1.78. The van der Waals surface area contributed by atoms with Crippen molar-refractivity contribution in [2.24, 2.45) is 10.2 Å². The molecule has 7 heteroatoms. The van der Waals surface area contributed by atoms with Gasteiger partial charge in [0.25, 0.3) is 0 Å². The highest BCUT2D eigenvalue weighted by Gasteiger charge is 2.25. The van der Waals surface area contributed by atoms with Crippen molar-refractivity contribution in [3.63, 3.8) is 0 Å². The summed E-state index contributed by atoms with van der Waals surface area (Å²) in [5.41, 5.74) is 1.57. The van der Waals surface area contributed by atoms with Gasteiger partial charge in [-0.05, 0) is 12.5 Å². The third-order valence-electron chi connectivity index (χ3n) is 2.62. The molecule has 0 saturated carbocycles. The van der Waals surface area contributed by atoms with Crippen LogP contribution in [-0.4, -0.2) is 28.0 Å². The summed E-state index contributed by atoms with van der Waals surface area (Å²) in [4.78, 5) is 22.2. The lowest BCUT2D eigenvalue weighted by atomic mass is 10.1. The number of nitrogens with one attached hydrogen (secondary N) is 1. The van der Waals surface area contributed by atoms with Crippen molar-refractivity contribution < 1.29 is 14.7 Å². The Hall–Kier alpha value is -2.15. The zero-order chi connectivity index (χ0) is 14.5. The molecule has 1 heterocycles. The average molecular weight is 290 g/mol. The quantitative estimate of drug-likeness (QED) is 0.633. The Balaban J connectivity index is 2.14. The monoisotopic (exact) mass is 290 g/mol. The smallest absolute Gasteiger partial charge is 0.227 e. The Labute approximate surface area is 120 Å². The molecule has 1 atom stereocenters. The maximum absolute atomic E-state index is 11.4. The second kappa shape index (κ2) is 6.33. The van der Waals surface area contributed by atoms with Crippen LogP contribution in [0.5, 0.6) is 0 Å². The largest absolute Gasteiger partial charge is 0.549 e. The molecule has 1 N–H and O–H groups in total. The van der Waals surface area contributed by atoms with Crippen LogP contribution < -0.4 is 10.4 Å². The predicted molar refractivity (Wildman–Crippen MR) is 75.2 cm³/mol. The van der Waals surface area contributed by atoms with E-state index in [-0.39, 0.29) is 11.6 Å². The van der Waals surface area contributed by atoms with Gasteiger partial charge in [0.05, 0.1) is 16.9 Å². The van der Waals surface area contributed by atoms with Crippen LogP contribution in [0, 0.1) is 0 Å². The van der Waals surface area contributed by atoms with E-state index in [0.717, 1.165) is 17.3 Å². The third kappa shape index (κ3) is 3.67. The van der Waals surface area contributed by atoms with Crippen molar-refractivity contribution in [3.05, 3.63) is 35.9 Å². The number of carboxylic acids is 1. The normalized spacial score (nSPS) is 21.6. The molecule has 1 aliphatic rings. The zero-order valence-electron chi connectivity index (χ0n) is 10.7. The van der Waals surface area contributed by atoms with Crippen LogP contribution in [0.25, 0.3) is 0 Å². The van der Waals surface area contributed by atoms with Gasteiger partial charge in [-0.2, -0.15) is 5.10 Å². The summed E-state index contributed by atoms with van der Waals surface area (Å²) in [6.07, 6.45) is -0.118.